The van der Waals surface area contributed by atoms with Crippen molar-refractivity contribution in [2.75, 3.05) is 13.6 Å². The summed E-state index contributed by atoms with van der Waals surface area (Å²) in [6, 6.07) is 0. The third-order valence-electron chi connectivity index (χ3n) is 4.60. The zero-order chi connectivity index (χ0) is 9.53. The number of hydrogen-bond acceptors (Lipinski definition) is 2. The Hall–Kier alpha value is -0.0800. The summed E-state index contributed by atoms with van der Waals surface area (Å²) in [6.45, 7) is 3.58. The quantitative estimate of drug-likeness (QED) is 0.524. The molecule has 0 unspecified atom stereocenters. The molecule has 0 spiro atoms. The average Bonchev–Trinajstić information content (AvgIpc) is 2.40. The van der Waals surface area contributed by atoms with E-state index in [0.717, 1.165) is 6.54 Å². The molecule has 0 atom stereocenters. The van der Waals surface area contributed by atoms with E-state index in [9.17, 15) is 0 Å². The Morgan fingerprint density at radius 3 is 2.15 bits per heavy atom. The van der Waals surface area contributed by atoms with Crippen LogP contribution in [0.2, 0.25) is 0 Å². The normalized spacial score (nSPS) is 44.3. The van der Waals surface area contributed by atoms with E-state index in [1.165, 1.54) is 38.5 Å². The van der Waals surface area contributed by atoms with Gasteiger partial charge in [-0.2, -0.15) is 0 Å². The van der Waals surface area contributed by atoms with Crippen molar-refractivity contribution in [3.63, 3.8) is 0 Å². The van der Waals surface area contributed by atoms with Crippen molar-refractivity contribution < 1.29 is 0 Å². The molecule has 0 aromatic rings. The van der Waals surface area contributed by atoms with Crippen LogP contribution >= 0.6 is 0 Å². The van der Waals surface area contributed by atoms with Crippen molar-refractivity contribution in [3.05, 3.63) is 0 Å². The zero-order valence-electron chi connectivity index (χ0n) is 8.97. The van der Waals surface area contributed by atoms with Crippen LogP contribution in [0.4, 0.5) is 0 Å². The fraction of sp³-hybridized carbons (Fsp3) is 1.00. The van der Waals surface area contributed by atoms with Crippen molar-refractivity contribution in [1.29, 1.82) is 0 Å². The fourth-order valence-electron chi connectivity index (χ4n) is 3.84. The average molecular weight is 182 g/mol. The molecule has 2 aliphatic rings. The van der Waals surface area contributed by atoms with Crippen LogP contribution in [-0.2, 0) is 0 Å². The first kappa shape index (κ1) is 9.47. The summed E-state index contributed by atoms with van der Waals surface area (Å²) in [4.78, 5) is 0. The molecular weight excluding hydrogens is 160 g/mol. The summed E-state index contributed by atoms with van der Waals surface area (Å²) in [7, 11) is 2.01. The molecule has 0 aromatic heterocycles. The summed E-state index contributed by atoms with van der Waals surface area (Å²) in [6.07, 6.45) is 8.52. The molecule has 0 bridgehead atoms. The van der Waals surface area contributed by atoms with Gasteiger partial charge in [0.15, 0.2) is 0 Å². The Bertz CT molecular complexity index is 188. The van der Waals surface area contributed by atoms with Gasteiger partial charge in [0.2, 0.25) is 0 Å². The molecule has 0 heterocycles. The van der Waals surface area contributed by atoms with Crippen LogP contribution in [0.5, 0.6) is 0 Å². The highest BCUT2D eigenvalue weighted by atomic mass is 15.4. The lowest BCUT2D eigenvalue weighted by Gasteiger charge is -2.39. The van der Waals surface area contributed by atoms with E-state index in [-0.39, 0.29) is 0 Å². The van der Waals surface area contributed by atoms with Gasteiger partial charge in [0, 0.05) is 13.6 Å². The van der Waals surface area contributed by atoms with Crippen LogP contribution < -0.4 is 5.84 Å². The highest BCUT2D eigenvalue weighted by Gasteiger charge is 2.54. The van der Waals surface area contributed by atoms with E-state index in [2.05, 4.69) is 6.92 Å². The molecule has 2 heteroatoms. The third kappa shape index (κ3) is 1.31. The van der Waals surface area contributed by atoms with Crippen LogP contribution in [0.15, 0.2) is 0 Å². The van der Waals surface area contributed by atoms with E-state index >= 15 is 0 Å². The SMILES string of the molecule is CN(N)CC12CCCC1(C)CCC2. The first-order valence-corrected chi connectivity index (χ1v) is 5.54. The maximum absolute atomic E-state index is 5.82. The van der Waals surface area contributed by atoms with Crippen LogP contribution in [0.3, 0.4) is 0 Å². The summed E-state index contributed by atoms with van der Waals surface area (Å²) >= 11 is 0. The molecule has 0 amide bonds. The molecule has 2 rings (SSSR count). The van der Waals surface area contributed by atoms with Crippen molar-refractivity contribution in [2.24, 2.45) is 16.7 Å². The van der Waals surface area contributed by atoms with Crippen molar-refractivity contribution in [3.8, 4) is 0 Å². The van der Waals surface area contributed by atoms with E-state index in [0.29, 0.717) is 10.8 Å². The Morgan fingerprint density at radius 1 is 1.15 bits per heavy atom. The van der Waals surface area contributed by atoms with Crippen molar-refractivity contribution in [2.45, 2.75) is 45.4 Å². The van der Waals surface area contributed by atoms with Gasteiger partial charge in [0.25, 0.3) is 0 Å². The third-order valence-corrected chi connectivity index (χ3v) is 4.60. The fourth-order valence-corrected chi connectivity index (χ4v) is 3.84. The Balaban J connectivity index is 2.18. The Labute approximate surface area is 81.4 Å². The molecule has 2 nitrogen and oxygen atoms in total. The molecule has 0 aromatic carbocycles. The second-order valence-electron chi connectivity index (χ2n) is 5.46. The lowest BCUT2D eigenvalue weighted by atomic mass is 9.69. The lowest BCUT2D eigenvalue weighted by molar-refractivity contribution is 0.0814. The number of fused-ring (bicyclic) bond motifs is 1. The van der Waals surface area contributed by atoms with Crippen LogP contribution in [0.1, 0.15) is 45.4 Å². The highest BCUT2D eigenvalue weighted by molar-refractivity contribution is 5.05. The van der Waals surface area contributed by atoms with Gasteiger partial charge >= 0.3 is 0 Å². The molecule has 0 aliphatic heterocycles. The first-order valence-electron chi connectivity index (χ1n) is 5.54. The van der Waals surface area contributed by atoms with Crippen molar-refractivity contribution in [1.82, 2.24) is 5.01 Å². The Kier molecular flexibility index (Phi) is 2.16. The van der Waals surface area contributed by atoms with E-state index < -0.39 is 0 Å². The van der Waals surface area contributed by atoms with Gasteiger partial charge in [-0.3, -0.25) is 5.84 Å². The molecule has 2 N–H and O–H groups in total. The maximum atomic E-state index is 5.82. The van der Waals surface area contributed by atoms with Crippen molar-refractivity contribution >= 4 is 0 Å². The molecule has 13 heavy (non-hydrogen) atoms. The van der Waals surface area contributed by atoms with Gasteiger partial charge in [-0.05, 0) is 36.5 Å². The van der Waals surface area contributed by atoms with E-state index in [4.69, 9.17) is 5.84 Å². The molecular formula is C11H22N2. The molecule has 0 radical (unpaired) electrons. The first-order chi connectivity index (χ1) is 6.08. The number of rotatable bonds is 2. The van der Waals surface area contributed by atoms with Crippen LogP contribution in [-0.4, -0.2) is 18.6 Å². The van der Waals surface area contributed by atoms with Gasteiger partial charge in [0.05, 0.1) is 0 Å². The summed E-state index contributed by atoms with van der Waals surface area (Å²) in [5.41, 5.74) is 1.18. The predicted octanol–water partition coefficient (Wildman–Crippen LogP) is 2.15. The van der Waals surface area contributed by atoms with Crippen LogP contribution in [0.25, 0.3) is 0 Å². The van der Waals surface area contributed by atoms with Gasteiger partial charge in [0.1, 0.15) is 0 Å². The van der Waals surface area contributed by atoms with Gasteiger partial charge in [-0.15, -0.1) is 0 Å². The smallest absolute Gasteiger partial charge is 0.0187 e. The summed E-state index contributed by atoms with van der Waals surface area (Å²) < 4.78 is 0. The summed E-state index contributed by atoms with van der Waals surface area (Å²) in [5.74, 6) is 5.82. The van der Waals surface area contributed by atoms with Gasteiger partial charge in [-0.1, -0.05) is 19.8 Å². The molecule has 2 saturated carbocycles. The number of nitrogens with two attached hydrogens (primary N) is 1. The molecule has 76 valence electrons. The lowest BCUT2D eigenvalue weighted by Crippen LogP contribution is -2.43. The maximum Gasteiger partial charge on any atom is 0.0187 e. The van der Waals surface area contributed by atoms with Gasteiger partial charge < -0.3 is 0 Å². The highest BCUT2D eigenvalue weighted by Crippen LogP contribution is 2.62. The van der Waals surface area contributed by atoms with E-state index in [1.807, 2.05) is 12.1 Å². The molecule has 2 aliphatic carbocycles. The molecule has 2 fully saturated rings. The van der Waals surface area contributed by atoms with E-state index in [1.54, 1.807) is 0 Å². The van der Waals surface area contributed by atoms with Gasteiger partial charge in [-0.25, -0.2) is 5.01 Å². The second kappa shape index (κ2) is 2.96. The topological polar surface area (TPSA) is 29.3 Å². The molecule has 0 saturated heterocycles. The largest absolute Gasteiger partial charge is 0.269 e. The second-order valence-corrected chi connectivity index (χ2v) is 5.46. The summed E-state index contributed by atoms with van der Waals surface area (Å²) in [5, 5.41) is 1.90. The minimum Gasteiger partial charge on any atom is -0.269 e. The number of hydrazine groups is 1. The van der Waals surface area contributed by atoms with Crippen LogP contribution in [0, 0.1) is 10.8 Å². The number of nitrogens with zero attached hydrogens (tertiary/aromatic N) is 1. The standard InChI is InChI=1S/C11H22N2/c1-10-5-3-7-11(10,8-4-6-10)9-13(2)12/h3-9,12H2,1-2H3. The Morgan fingerprint density at radius 2 is 1.69 bits per heavy atom. The predicted molar refractivity (Wildman–Crippen MR) is 55.1 cm³/mol. The zero-order valence-corrected chi connectivity index (χ0v) is 8.97. The monoisotopic (exact) mass is 182 g/mol. The minimum absolute atomic E-state index is 0.566. The number of hydrogen-bond donors (Lipinski definition) is 1. The minimum atomic E-state index is 0.566.